The van der Waals surface area contributed by atoms with Crippen LogP contribution in [0.5, 0.6) is 0 Å². The number of nitrogens with zero attached hydrogens (tertiary/aromatic N) is 1. The zero-order chi connectivity index (χ0) is 16.1. The Balaban J connectivity index is 1.92. The van der Waals surface area contributed by atoms with E-state index in [0.29, 0.717) is 12.5 Å². The molecule has 1 atom stereocenters. The summed E-state index contributed by atoms with van der Waals surface area (Å²) in [5, 5.41) is 2.11. The molecule has 0 radical (unpaired) electrons. The Morgan fingerprint density at radius 2 is 2.14 bits per heavy atom. The van der Waals surface area contributed by atoms with Gasteiger partial charge in [-0.3, -0.25) is 15.0 Å². The Labute approximate surface area is 131 Å². The van der Waals surface area contributed by atoms with Crippen LogP contribution in [0.1, 0.15) is 48.4 Å². The van der Waals surface area contributed by atoms with Crippen LogP contribution in [-0.2, 0) is 4.79 Å². The second-order valence-corrected chi connectivity index (χ2v) is 6.07. The van der Waals surface area contributed by atoms with Crippen LogP contribution in [0.3, 0.4) is 0 Å². The molecule has 3 N–H and O–H groups in total. The lowest BCUT2D eigenvalue weighted by Crippen LogP contribution is -2.35. The van der Waals surface area contributed by atoms with E-state index in [9.17, 15) is 9.59 Å². The van der Waals surface area contributed by atoms with E-state index in [2.05, 4.69) is 42.3 Å². The number of primary amides is 1. The first-order valence-electron chi connectivity index (χ1n) is 7.88. The van der Waals surface area contributed by atoms with Gasteiger partial charge in [-0.15, -0.1) is 0 Å². The lowest BCUT2D eigenvalue weighted by molar-refractivity contribution is -0.120. The summed E-state index contributed by atoms with van der Waals surface area (Å²) in [6.07, 6.45) is 3.42. The molecule has 5 heteroatoms. The van der Waals surface area contributed by atoms with Gasteiger partial charge >= 0.3 is 6.03 Å². The molecule has 1 heterocycles. The van der Waals surface area contributed by atoms with Crippen LogP contribution in [0.2, 0.25) is 0 Å². The second-order valence-electron chi connectivity index (χ2n) is 6.07. The highest BCUT2D eigenvalue weighted by Gasteiger charge is 2.26. The minimum absolute atomic E-state index is 0.296. The molecule has 120 valence electrons. The van der Waals surface area contributed by atoms with E-state index in [1.165, 1.54) is 23.1 Å². The number of likely N-dealkylation sites (tertiary alicyclic amines) is 1. The number of imide groups is 1. The van der Waals surface area contributed by atoms with Crippen molar-refractivity contribution >= 4 is 11.9 Å². The Morgan fingerprint density at radius 3 is 2.86 bits per heavy atom. The third-order valence-electron chi connectivity index (χ3n) is 4.27. The first-order chi connectivity index (χ1) is 10.5. The molecule has 5 nitrogen and oxygen atoms in total. The van der Waals surface area contributed by atoms with Crippen molar-refractivity contribution < 1.29 is 9.59 Å². The molecule has 3 amide bonds. The molecule has 0 saturated carbocycles. The van der Waals surface area contributed by atoms with Crippen molar-refractivity contribution in [3.63, 3.8) is 0 Å². The van der Waals surface area contributed by atoms with Crippen molar-refractivity contribution in [2.75, 3.05) is 13.1 Å². The maximum absolute atomic E-state index is 11.4. The van der Waals surface area contributed by atoms with Crippen LogP contribution in [0.4, 0.5) is 4.79 Å². The quantitative estimate of drug-likeness (QED) is 0.877. The van der Waals surface area contributed by atoms with E-state index < -0.39 is 6.03 Å². The molecular formula is C17H25N3O2. The van der Waals surface area contributed by atoms with Crippen LogP contribution >= 0.6 is 0 Å². The highest BCUT2D eigenvalue weighted by molar-refractivity contribution is 5.93. The average Bonchev–Trinajstić information content (AvgIpc) is 2.89. The van der Waals surface area contributed by atoms with Gasteiger partial charge in [-0.25, -0.2) is 4.79 Å². The topological polar surface area (TPSA) is 75.4 Å². The van der Waals surface area contributed by atoms with Crippen LogP contribution in [0, 0.1) is 13.8 Å². The van der Waals surface area contributed by atoms with Gasteiger partial charge in [0, 0.05) is 12.5 Å². The first kappa shape index (κ1) is 16.5. The maximum Gasteiger partial charge on any atom is 0.318 e. The summed E-state index contributed by atoms with van der Waals surface area (Å²) in [4.78, 5) is 24.5. The fraction of sp³-hybridized carbons (Fsp3) is 0.529. The highest BCUT2D eigenvalue weighted by Crippen LogP contribution is 2.34. The summed E-state index contributed by atoms with van der Waals surface area (Å²) in [5.41, 5.74) is 8.95. The molecule has 1 fully saturated rings. The first-order valence-corrected chi connectivity index (χ1v) is 7.88. The van der Waals surface area contributed by atoms with E-state index in [1.807, 2.05) is 0 Å². The summed E-state index contributed by atoms with van der Waals surface area (Å²) in [7, 11) is 0. The zero-order valence-corrected chi connectivity index (χ0v) is 13.4. The molecule has 0 spiro atoms. The number of carbonyl (C=O) groups is 2. The number of urea groups is 1. The van der Waals surface area contributed by atoms with Crippen molar-refractivity contribution in [3.05, 3.63) is 34.9 Å². The van der Waals surface area contributed by atoms with Crippen molar-refractivity contribution in [3.8, 4) is 0 Å². The number of aryl methyl sites for hydroxylation is 2. The van der Waals surface area contributed by atoms with Crippen molar-refractivity contribution in [2.24, 2.45) is 5.73 Å². The molecule has 0 aliphatic carbocycles. The van der Waals surface area contributed by atoms with Gasteiger partial charge in [-0.05, 0) is 57.3 Å². The van der Waals surface area contributed by atoms with E-state index in [1.54, 1.807) is 0 Å². The number of carbonyl (C=O) groups excluding carboxylic acids is 2. The lowest BCUT2D eigenvalue weighted by atomic mass is 9.97. The van der Waals surface area contributed by atoms with E-state index in [0.717, 1.165) is 25.9 Å². The summed E-state index contributed by atoms with van der Waals surface area (Å²) in [5.74, 6) is -0.296. The van der Waals surface area contributed by atoms with Crippen molar-refractivity contribution in [1.82, 2.24) is 10.2 Å². The largest absolute Gasteiger partial charge is 0.351 e. The predicted octanol–water partition coefficient (Wildman–Crippen LogP) is 2.42. The molecular weight excluding hydrogens is 278 g/mol. The molecule has 22 heavy (non-hydrogen) atoms. The SMILES string of the molecule is Cc1ccc(C)c(C2CCCN2CCCC(=O)NC(N)=O)c1. The van der Waals surface area contributed by atoms with Gasteiger partial charge in [0.15, 0.2) is 0 Å². The summed E-state index contributed by atoms with van der Waals surface area (Å²) in [6.45, 7) is 6.21. The van der Waals surface area contributed by atoms with E-state index >= 15 is 0 Å². The lowest BCUT2D eigenvalue weighted by Gasteiger charge is -2.26. The molecule has 0 aromatic heterocycles. The summed E-state index contributed by atoms with van der Waals surface area (Å²) < 4.78 is 0. The van der Waals surface area contributed by atoms with E-state index in [-0.39, 0.29) is 5.91 Å². The molecule has 1 aromatic rings. The average molecular weight is 303 g/mol. The maximum atomic E-state index is 11.4. The number of benzene rings is 1. The third kappa shape index (κ3) is 4.31. The van der Waals surface area contributed by atoms with Crippen LogP contribution < -0.4 is 11.1 Å². The van der Waals surface area contributed by atoms with Crippen LogP contribution in [0.15, 0.2) is 18.2 Å². The van der Waals surface area contributed by atoms with Gasteiger partial charge in [0.1, 0.15) is 0 Å². The van der Waals surface area contributed by atoms with Gasteiger partial charge in [-0.1, -0.05) is 23.8 Å². The number of hydrogen-bond acceptors (Lipinski definition) is 3. The van der Waals surface area contributed by atoms with Crippen molar-refractivity contribution in [2.45, 2.75) is 45.6 Å². The molecule has 2 rings (SSSR count). The van der Waals surface area contributed by atoms with Gasteiger partial charge in [0.25, 0.3) is 0 Å². The number of amides is 3. The van der Waals surface area contributed by atoms with Crippen LogP contribution in [0.25, 0.3) is 0 Å². The fourth-order valence-corrected chi connectivity index (χ4v) is 3.21. The summed E-state index contributed by atoms with van der Waals surface area (Å²) >= 11 is 0. The Hall–Kier alpha value is -1.88. The Bertz CT molecular complexity index is 557. The molecule has 1 saturated heterocycles. The standard InChI is InChI=1S/C17H25N3O2/c1-12-7-8-13(2)14(11-12)15-5-3-9-20(15)10-4-6-16(21)19-17(18)22/h7-8,11,15H,3-6,9-10H2,1-2H3,(H3,18,19,21,22). The second kappa shape index (κ2) is 7.40. The monoisotopic (exact) mass is 303 g/mol. The minimum atomic E-state index is -0.778. The van der Waals surface area contributed by atoms with Gasteiger partial charge < -0.3 is 5.73 Å². The minimum Gasteiger partial charge on any atom is -0.351 e. The predicted molar refractivity (Wildman–Crippen MR) is 86.4 cm³/mol. The van der Waals surface area contributed by atoms with Gasteiger partial charge in [0.2, 0.25) is 5.91 Å². The Morgan fingerprint density at radius 1 is 1.36 bits per heavy atom. The highest BCUT2D eigenvalue weighted by atomic mass is 16.2. The van der Waals surface area contributed by atoms with Gasteiger partial charge in [0.05, 0.1) is 0 Å². The number of hydrogen-bond donors (Lipinski definition) is 2. The number of rotatable bonds is 5. The third-order valence-corrected chi connectivity index (χ3v) is 4.27. The molecule has 0 bridgehead atoms. The summed E-state index contributed by atoms with van der Waals surface area (Å²) in [6, 6.07) is 6.27. The fourth-order valence-electron chi connectivity index (χ4n) is 3.21. The number of nitrogens with two attached hydrogens (primary N) is 1. The Kier molecular flexibility index (Phi) is 5.55. The zero-order valence-electron chi connectivity index (χ0n) is 13.4. The van der Waals surface area contributed by atoms with Gasteiger partial charge in [-0.2, -0.15) is 0 Å². The number of nitrogens with one attached hydrogen (secondary N) is 1. The van der Waals surface area contributed by atoms with Crippen molar-refractivity contribution in [1.29, 1.82) is 0 Å². The normalized spacial score (nSPS) is 18.4. The van der Waals surface area contributed by atoms with E-state index in [4.69, 9.17) is 5.73 Å². The smallest absolute Gasteiger partial charge is 0.318 e. The molecule has 1 aromatic carbocycles. The molecule has 1 aliphatic rings. The molecule has 1 aliphatic heterocycles. The van der Waals surface area contributed by atoms with Crippen LogP contribution in [-0.4, -0.2) is 29.9 Å². The molecule has 1 unspecified atom stereocenters.